The maximum atomic E-state index is 2.92. The Morgan fingerprint density at radius 3 is 2.14 bits per heavy atom. The number of nitrogens with one attached hydrogen (secondary N) is 1. The zero-order chi connectivity index (χ0) is 5.70. The van der Waals surface area contributed by atoms with E-state index in [1.165, 1.54) is 0 Å². The molecule has 0 saturated heterocycles. The molecule has 0 radical (unpaired) electrons. The molecule has 0 aliphatic heterocycles. The molecule has 0 aliphatic rings. The summed E-state index contributed by atoms with van der Waals surface area (Å²) in [5, 5.41) is 2.92. The zero-order valence-electron chi connectivity index (χ0n) is 5.23. The molecule has 0 aliphatic carbocycles. The van der Waals surface area contributed by atoms with Gasteiger partial charge in [0.1, 0.15) is 0 Å². The van der Waals surface area contributed by atoms with Crippen molar-refractivity contribution in [3.8, 4) is 0 Å². The topological polar surface area (TPSA) is 12.0 Å². The van der Waals surface area contributed by atoms with Crippen LogP contribution in [-0.4, -0.2) is 7.05 Å². The lowest BCUT2D eigenvalue weighted by molar-refractivity contribution is 0.821. The summed E-state index contributed by atoms with van der Waals surface area (Å²) in [6.45, 7) is 4.29. The van der Waals surface area contributed by atoms with Crippen molar-refractivity contribution in [2.24, 2.45) is 5.92 Å². The molecule has 0 heterocycles. The van der Waals surface area contributed by atoms with Gasteiger partial charge in [-0.05, 0) is 12.1 Å². The second kappa shape index (κ2) is 3.72. The lowest BCUT2D eigenvalue weighted by Gasteiger charge is -1.90. The Morgan fingerprint density at radius 1 is 1.43 bits per heavy atom. The van der Waals surface area contributed by atoms with Crippen LogP contribution in [0.15, 0.2) is 12.3 Å². The molecule has 0 fully saturated rings. The average Bonchev–Trinajstić information content (AvgIpc) is 1.61. The van der Waals surface area contributed by atoms with E-state index < -0.39 is 0 Å². The van der Waals surface area contributed by atoms with Crippen LogP contribution in [0.1, 0.15) is 13.8 Å². The Labute approximate surface area is 45.4 Å². The minimum atomic E-state index is 0.660. The number of rotatable bonds is 2. The van der Waals surface area contributed by atoms with Gasteiger partial charge in [-0.3, -0.25) is 0 Å². The van der Waals surface area contributed by atoms with Gasteiger partial charge in [-0.25, -0.2) is 0 Å². The van der Waals surface area contributed by atoms with Crippen LogP contribution in [0.25, 0.3) is 0 Å². The highest BCUT2D eigenvalue weighted by molar-refractivity contribution is 4.80. The van der Waals surface area contributed by atoms with E-state index >= 15 is 0 Å². The Hall–Kier alpha value is -0.460. The van der Waals surface area contributed by atoms with Crippen LogP contribution >= 0.6 is 0 Å². The summed E-state index contributed by atoms with van der Waals surface area (Å²) in [6.07, 6.45) is 4.06. The molecule has 0 saturated carbocycles. The van der Waals surface area contributed by atoms with E-state index in [0.29, 0.717) is 5.92 Å². The molecule has 0 bridgehead atoms. The normalized spacial score (nSPS) is 10.9. The minimum Gasteiger partial charge on any atom is -0.394 e. The first-order valence-electron chi connectivity index (χ1n) is 2.61. The molecule has 1 N–H and O–H groups in total. The van der Waals surface area contributed by atoms with Crippen molar-refractivity contribution in [3.63, 3.8) is 0 Å². The number of allylic oxidation sites excluding steroid dienone is 1. The van der Waals surface area contributed by atoms with Crippen LogP contribution in [0.4, 0.5) is 0 Å². The van der Waals surface area contributed by atoms with Gasteiger partial charge in [0, 0.05) is 7.05 Å². The third kappa shape index (κ3) is 5.54. The summed E-state index contributed by atoms with van der Waals surface area (Å²) < 4.78 is 0. The molecule has 0 aromatic carbocycles. The average molecular weight is 99.2 g/mol. The van der Waals surface area contributed by atoms with Crippen LogP contribution < -0.4 is 5.32 Å². The standard InChI is InChI=1S/C6H13N/c1-6(2)4-5-7-3/h4-7H,1-3H3/b5-4-. The van der Waals surface area contributed by atoms with Crippen molar-refractivity contribution >= 4 is 0 Å². The van der Waals surface area contributed by atoms with Gasteiger partial charge in [-0.2, -0.15) is 0 Å². The first kappa shape index (κ1) is 6.54. The Morgan fingerprint density at radius 2 is 2.00 bits per heavy atom. The van der Waals surface area contributed by atoms with Crippen molar-refractivity contribution in [1.29, 1.82) is 0 Å². The first-order chi connectivity index (χ1) is 3.27. The predicted molar refractivity (Wildman–Crippen MR) is 33.0 cm³/mol. The highest BCUT2D eigenvalue weighted by Crippen LogP contribution is 1.89. The van der Waals surface area contributed by atoms with Crippen LogP contribution in [0.3, 0.4) is 0 Å². The van der Waals surface area contributed by atoms with E-state index in [9.17, 15) is 0 Å². The van der Waals surface area contributed by atoms with Gasteiger partial charge in [0.15, 0.2) is 0 Å². The van der Waals surface area contributed by atoms with E-state index in [1.807, 2.05) is 13.2 Å². The highest BCUT2D eigenvalue weighted by atomic mass is 14.8. The summed E-state index contributed by atoms with van der Waals surface area (Å²) in [6, 6.07) is 0. The largest absolute Gasteiger partial charge is 0.394 e. The number of hydrogen-bond acceptors (Lipinski definition) is 1. The second-order valence-electron chi connectivity index (χ2n) is 1.89. The molecular formula is C6H13N. The molecule has 0 amide bonds. The van der Waals surface area contributed by atoms with Crippen molar-refractivity contribution in [2.75, 3.05) is 7.05 Å². The van der Waals surface area contributed by atoms with Crippen LogP contribution in [-0.2, 0) is 0 Å². The summed E-state index contributed by atoms with van der Waals surface area (Å²) in [5.74, 6) is 0.660. The molecule has 0 rings (SSSR count). The fraction of sp³-hybridized carbons (Fsp3) is 0.667. The quantitative estimate of drug-likeness (QED) is 0.551. The first-order valence-corrected chi connectivity index (χ1v) is 2.61. The van der Waals surface area contributed by atoms with E-state index in [0.717, 1.165) is 0 Å². The van der Waals surface area contributed by atoms with E-state index in [2.05, 4.69) is 25.2 Å². The van der Waals surface area contributed by atoms with Gasteiger partial charge in [0.05, 0.1) is 0 Å². The van der Waals surface area contributed by atoms with Crippen LogP contribution in [0.5, 0.6) is 0 Å². The van der Waals surface area contributed by atoms with E-state index in [1.54, 1.807) is 0 Å². The lowest BCUT2D eigenvalue weighted by atomic mass is 10.2. The third-order valence-corrected chi connectivity index (χ3v) is 0.648. The van der Waals surface area contributed by atoms with E-state index in [4.69, 9.17) is 0 Å². The van der Waals surface area contributed by atoms with Crippen LogP contribution in [0, 0.1) is 5.92 Å². The minimum absolute atomic E-state index is 0.660. The third-order valence-electron chi connectivity index (χ3n) is 0.648. The van der Waals surface area contributed by atoms with Crippen LogP contribution in [0.2, 0.25) is 0 Å². The molecular weight excluding hydrogens is 86.1 g/mol. The molecule has 0 unspecified atom stereocenters. The predicted octanol–water partition coefficient (Wildman–Crippen LogP) is 1.38. The molecule has 0 spiro atoms. The molecule has 7 heavy (non-hydrogen) atoms. The lowest BCUT2D eigenvalue weighted by Crippen LogP contribution is -1.92. The molecule has 0 aromatic rings. The maximum absolute atomic E-state index is 2.92. The molecule has 42 valence electrons. The Bertz CT molecular complexity index is 55.2. The van der Waals surface area contributed by atoms with Gasteiger partial charge in [0.2, 0.25) is 0 Å². The van der Waals surface area contributed by atoms with Gasteiger partial charge in [-0.1, -0.05) is 19.9 Å². The summed E-state index contributed by atoms with van der Waals surface area (Å²) >= 11 is 0. The van der Waals surface area contributed by atoms with Crippen molar-refractivity contribution in [2.45, 2.75) is 13.8 Å². The van der Waals surface area contributed by atoms with E-state index in [-0.39, 0.29) is 0 Å². The summed E-state index contributed by atoms with van der Waals surface area (Å²) in [7, 11) is 1.90. The SMILES string of the molecule is CN/C=C\C(C)C. The molecule has 0 atom stereocenters. The fourth-order valence-electron chi connectivity index (χ4n) is 0.289. The monoisotopic (exact) mass is 99.1 g/mol. The zero-order valence-corrected chi connectivity index (χ0v) is 5.23. The maximum Gasteiger partial charge on any atom is 0.00276 e. The highest BCUT2D eigenvalue weighted by Gasteiger charge is 1.78. The van der Waals surface area contributed by atoms with Crippen molar-refractivity contribution < 1.29 is 0 Å². The van der Waals surface area contributed by atoms with Crippen molar-refractivity contribution in [1.82, 2.24) is 5.32 Å². The number of hydrogen-bond donors (Lipinski definition) is 1. The van der Waals surface area contributed by atoms with Gasteiger partial charge in [-0.15, -0.1) is 0 Å². The molecule has 1 nitrogen and oxygen atoms in total. The Kier molecular flexibility index (Phi) is 3.48. The fourth-order valence-corrected chi connectivity index (χ4v) is 0.289. The summed E-state index contributed by atoms with van der Waals surface area (Å²) in [4.78, 5) is 0. The summed E-state index contributed by atoms with van der Waals surface area (Å²) in [5.41, 5.74) is 0. The molecule has 1 heteroatoms. The van der Waals surface area contributed by atoms with Gasteiger partial charge < -0.3 is 5.32 Å². The van der Waals surface area contributed by atoms with Crippen molar-refractivity contribution in [3.05, 3.63) is 12.3 Å². The Balaban J connectivity index is 3.08. The smallest absolute Gasteiger partial charge is 0.00276 e. The van der Waals surface area contributed by atoms with Gasteiger partial charge >= 0.3 is 0 Å². The molecule has 0 aromatic heterocycles. The van der Waals surface area contributed by atoms with Gasteiger partial charge in [0.25, 0.3) is 0 Å². The second-order valence-corrected chi connectivity index (χ2v) is 1.89.